The molecule has 0 spiro atoms. The van der Waals surface area contributed by atoms with Crippen LogP contribution in [0.25, 0.3) is 21.5 Å². The minimum Gasteiger partial charge on any atom is -0.264 e. The SMILES string of the molecule is Brc1cc2ccccc2c2cnccc12.[Na]. The average Bonchev–Trinajstić information content (AvgIpc) is 2.30. The largest absolute Gasteiger partial charge is 0.264 e. The van der Waals surface area contributed by atoms with Crippen molar-refractivity contribution in [1.29, 1.82) is 0 Å². The Morgan fingerprint density at radius 2 is 1.75 bits per heavy atom. The Bertz CT molecular complexity index is 652. The minimum absolute atomic E-state index is 0. The molecule has 2 aromatic carbocycles. The molecule has 0 unspecified atom stereocenters. The van der Waals surface area contributed by atoms with Gasteiger partial charge in [-0.05, 0) is 28.3 Å². The van der Waals surface area contributed by atoms with Crippen LogP contribution in [-0.2, 0) is 0 Å². The van der Waals surface area contributed by atoms with Gasteiger partial charge in [0.25, 0.3) is 0 Å². The normalized spacial score (nSPS) is 10.3. The Morgan fingerprint density at radius 3 is 2.62 bits per heavy atom. The van der Waals surface area contributed by atoms with Crippen LogP contribution in [0.5, 0.6) is 0 Å². The van der Waals surface area contributed by atoms with E-state index in [-0.39, 0.29) is 29.6 Å². The summed E-state index contributed by atoms with van der Waals surface area (Å²) < 4.78 is 1.12. The van der Waals surface area contributed by atoms with E-state index < -0.39 is 0 Å². The fourth-order valence-electron chi connectivity index (χ4n) is 1.90. The number of pyridine rings is 1. The van der Waals surface area contributed by atoms with Crippen LogP contribution in [0.2, 0.25) is 0 Å². The Hall–Kier alpha value is -0.410. The maximum absolute atomic E-state index is 4.18. The number of nitrogens with zero attached hydrogens (tertiary/aromatic N) is 1. The van der Waals surface area contributed by atoms with Crippen LogP contribution in [0.3, 0.4) is 0 Å². The Balaban J connectivity index is 0.000000963. The number of hydrogen-bond donors (Lipinski definition) is 0. The summed E-state index contributed by atoms with van der Waals surface area (Å²) in [6.45, 7) is 0. The topological polar surface area (TPSA) is 12.9 Å². The number of fused-ring (bicyclic) bond motifs is 3. The van der Waals surface area contributed by atoms with Gasteiger partial charge in [-0.3, -0.25) is 4.98 Å². The molecule has 16 heavy (non-hydrogen) atoms. The van der Waals surface area contributed by atoms with Gasteiger partial charge in [0.1, 0.15) is 0 Å². The number of hydrogen-bond acceptors (Lipinski definition) is 1. The smallest absolute Gasteiger partial charge is 0.0352 e. The Morgan fingerprint density at radius 1 is 0.938 bits per heavy atom. The van der Waals surface area contributed by atoms with Crippen molar-refractivity contribution >= 4 is 67.0 Å². The van der Waals surface area contributed by atoms with Crippen LogP contribution in [0.15, 0.2) is 53.3 Å². The summed E-state index contributed by atoms with van der Waals surface area (Å²) in [5.41, 5.74) is 0. The molecule has 0 atom stereocenters. The van der Waals surface area contributed by atoms with Crippen molar-refractivity contribution < 1.29 is 0 Å². The molecule has 0 fully saturated rings. The molecule has 0 N–H and O–H groups in total. The van der Waals surface area contributed by atoms with Gasteiger partial charge >= 0.3 is 0 Å². The summed E-state index contributed by atoms with van der Waals surface area (Å²) in [6, 6.07) is 12.5. The van der Waals surface area contributed by atoms with E-state index in [0.717, 1.165) is 4.47 Å². The molecule has 73 valence electrons. The first kappa shape index (κ1) is 12.1. The number of benzene rings is 2. The first-order chi connectivity index (χ1) is 7.36. The summed E-state index contributed by atoms with van der Waals surface area (Å²) in [5.74, 6) is 0. The van der Waals surface area contributed by atoms with E-state index in [2.05, 4.69) is 51.2 Å². The Labute approximate surface area is 124 Å². The van der Waals surface area contributed by atoms with E-state index in [0.29, 0.717) is 0 Å². The van der Waals surface area contributed by atoms with Gasteiger partial charge in [-0.15, -0.1) is 0 Å². The van der Waals surface area contributed by atoms with E-state index in [9.17, 15) is 0 Å². The zero-order valence-corrected chi connectivity index (χ0v) is 12.5. The molecule has 0 aliphatic carbocycles. The van der Waals surface area contributed by atoms with Crippen LogP contribution < -0.4 is 0 Å². The van der Waals surface area contributed by atoms with Gasteiger partial charge in [-0.25, -0.2) is 0 Å². The first-order valence-electron chi connectivity index (χ1n) is 4.77. The van der Waals surface area contributed by atoms with Gasteiger partial charge in [-0.2, -0.15) is 0 Å². The molecule has 0 bridgehead atoms. The third-order valence-electron chi connectivity index (χ3n) is 2.61. The molecule has 0 saturated heterocycles. The Kier molecular flexibility index (Phi) is 3.65. The molecule has 0 aliphatic rings. The van der Waals surface area contributed by atoms with Gasteiger partial charge in [0.15, 0.2) is 0 Å². The van der Waals surface area contributed by atoms with Crippen LogP contribution in [0, 0.1) is 0 Å². The van der Waals surface area contributed by atoms with Crippen LogP contribution in [-0.4, -0.2) is 34.5 Å². The van der Waals surface area contributed by atoms with Crippen molar-refractivity contribution in [2.24, 2.45) is 0 Å². The van der Waals surface area contributed by atoms with Crippen molar-refractivity contribution in [3.63, 3.8) is 0 Å². The van der Waals surface area contributed by atoms with Gasteiger partial charge in [0.2, 0.25) is 0 Å². The second kappa shape index (κ2) is 4.84. The molecular weight excluding hydrogens is 273 g/mol. The molecule has 3 rings (SSSR count). The molecule has 3 heteroatoms. The van der Waals surface area contributed by atoms with Crippen molar-refractivity contribution in [2.75, 3.05) is 0 Å². The summed E-state index contributed by atoms with van der Waals surface area (Å²) in [6.07, 6.45) is 3.74. The third-order valence-corrected chi connectivity index (χ3v) is 3.27. The summed E-state index contributed by atoms with van der Waals surface area (Å²) in [7, 11) is 0. The zero-order chi connectivity index (χ0) is 10.3. The summed E-state index contributed by atoms with van der Waals surface area (Å²) >= 11 is 3.59. The van der Waals surface area contributed by atoms with E-state index in [1.54, 1.807) is 0 Å². The molecule has 1 nitrogen and oxygen atoms in total. The van der Waals surface area contributed by atoms with Crippen molar-refractivity contribution in [2.45, 2.75) is 0 Å². The number of halogens is 1. The molecule has 3 aromatic rings. The van der Waals surface area contributed by atoms with Crippen molar-refractivity contribution in [3.8, 4) is 0 Å². The third kappa shape index (κ3) is 1.91. The van der Waals surface area contributed by atoms with E-state index in [4.69, 9.17) is 0 Å². The molecule has 1 radical (unpaired) electrons. The van der Waals surface area contributed by atoms with Gasteiger partial charge in [0, 0.05) is 51.8 Å². The fourth-order valence-corrected chi connectivity index (χ4v) is 2.49. The minimum atomic E-state index is 0. The van der Waals surface area contributed by atoms with Crippen LogP contribution in [0.1, 0.15) is 0 Å². The predicted octanol–water partition coefficient (Wildman–Crippen LogP) is 3.77. The molecular formula is C13H8BrNNa. The molecule has 1 heterocycles. The van der Waals surface area contributed by atoms with Crippen LogP contribution >= 0.6 is 15.9 Å². The summed E-state index contributed by atoms with van der Waals surface area (Å²) in [5, 5.41) is 4.90. The second-order valence-corrected chi connectivity index (χ2v) is 4.36. The van der Waals surface area contributed by atoms with E-state index >= 15 is 0 Å². The number of rotatable bonds is 0. The molecule has 0 aliphatic heterocycles. The fraction of sp³-hybridized carbons (Fsp3) is 0. The molecule has 0 saturated carbocycles. The maximum Gasteiger partial charge on any atom is 0.0352 e. The van der Waals surface area contributed by atoms with Crippen molar-refractivity contribution in [1.82, 2.24) is 4.98 Å². The summed E-state index contributed by atoms with van der Waals surface area (Å²) in [4.78, 5) is 4.18. The maximum atomic E-state index is 4.18. The van der Waals surface area contributed by atoms with Gasteiger partial charge in [0.05, 0.1) is 0 Å². The number of aromatic nitrogens is 1. The molecule has 1 aromatic heterocycles. The van der Waals surface area contributed by atoms with Crippen LogP contribution in [0.4, 0.5) is 0 Å². The van der Waals surface area contributed by atoms with Crippen molar-refractivity contribution in [3.05, 3.63) is 53.3 Å². The van der Waals surface area contributed by atoms with E-state index in [1.165, 1.54) is 21.5 Å². The molecule has 0 amide bonds. The zero-order valence-electron chi connectivity index (χ0n) is 8.94. The average molecular weight is 281 g/mol. The second-order valence-electron chi connectivity index (χ2n) is 3.50. The first-order valence-corrected chi connectivity index (χ1v) is 5.56. The van der Waals surface area contributed by atoms with Gasteiger partial charge < -0.3 is 0 Å². The van der Waals surface area contributed by atoms with Gasteiger partial charge in [-0.1, -0.05) is 40.2 Å². The predicted molar refractivity (Wildman–Crippen MR) is 72.7 cm³/mol. The standard InChI is InChI=1S/C13H8BrN.Na/c14-13-7-9-3-1-2-4-10(9)12-8-15-6-5-11(12)13;/h1-8H;. The van der Waals surface area contributed by atoms with E-state index in [1.807, 2.05) is 18.5 Å². The quantitative estimate of drug-likeness (QED) is 0.451. The monoisotopic (exact) mass is 280 g/mol.